The molecule has 1 aromatic heterocycles. The first-order valence-corrected chi connectivity index (χ1v) is 8.69. The van der Waals surface area contributed by atoms with Crippen molar-refractivity contribution >= 4 is 0 Å². The van der Waals surface area contributed by atoms with Crippen LogP contribution >= 0.6 is 0 Å². The van der Waals surface area contributed by atoms with E-state index in [-0.39, 0.29) is 0 Å². The third-order valence-corrected chi connectivity index (χ3v) is 5.09. The molecule has 2 aliphatic rings. The summed E-state index contributed by atoms with van der Waals surface area (Å²) in [4.78, 5) is 7.02. The van der Waals surface area contributed by atoms with Crippen LogP contribution in [-0.2, 0) is 13.1 Å². The second-order valence-electron chi connectivity index (χ2n) is 6.54. The van der Waals surface area contributed by atoms with E-state index in [0.717, 1.165) is 31.4 Å². The minimum Gasteiger partial charge on any atom is -0.312 e. The standard InChI is InChI=1S/C16H29N5/c1-2-21-16(18-13-19-21)12-20-10-6-9-17-15(11-20)14-7-4-3-5-8-14/h13-15,17H,2-12H2,1H3. The van der Waals surface area contributed by atoms with E-state index >= 15 is 0 Å². The first-order chi connectivity index (χ1) is 10.4. The third-order valence-electron chi connectivity index (χ3n) is 5.09. The lowest BCUT2D eigenvalue weighted by Gasteiger charge is -2.32. The van der Waals surface area contributed by atoms with Gasteiger partial charge < -0.3 is 5.32 Å². The van der Waals surface area contributed by atoms with Gasteiger partial charge in [-0.25, -0.2) is 9.67 Å². The summed E-state index contributed by atoms with van der Waals surface area (Å²) in [5.74, 6) is 1.99. The van der Waals surface area contributed by atoms with Gasteiger partial charge in [0.15, 0.2) is 0 Å². The van der Waals surface area contributed by atoms with Gasteiger partial charge in [-0.1, -0.05) is 19.3 Å². The molecule has 1 aliphatic heterocycles. The molecular formula is C16H29N5. The minimum atomic E-state index is 0.672. The van der Waals surface area contributed by atoms with Gasteiger partial charge in [0, 0.05) is 19.1 Å². The Balaban J connectivity index is 1.61. The fourth-order valence-electron chi connectivity index (χ4n) is 3.89. The molecule has 1 aliphatic carbocycles. The maximum Gasteiger partial charge on any atom is 0.140 e. The highest BCUT2D eigenvalue weighted by molar-refractivity contribution is 4.89. The summed E-state index contributed by atoms with van der Waals surface area (Å²) in [6, 6.07) is 0.672. The van der Waals surface area contributed by atoms with Crippen molar-refractivity contribution in [1.82, 2.24) is 25.0 Å². The van der Waals surface area contributed by atoms with Gasteiger partial charge in [0.1, 0.15) is 12.2 Å². The highest BCUT2D eigenvalue weighted by Gasteiger charge is 2.27. The van der Waals surface area contributed by atoms with Crippen molar-refractivity contribution in [2.24, 2.45) is 5.92 Å². The van der Waals surface area contributed by atoms with Crippen LogP contribution in [0.15, 0.2) is 6.33 Å². The van der Waals surface area contributed by atoms with Gasteiger partial charge in [-0.15, -0.1) is 0 Å². The van der Waals surface area contributed by atoms with E-state index in [9.17, 15) is 0 Å². The molecule has 21 heavy (non-hydrogen) atoms. The topological polar surface area (TPSA) is 46.0 Å². The van der Waals surface area contributed by atoms with Crippen molar-refractivity contribution in [3.63, 3.8) is 0 Å². The zero-order valence-electron chi connectivity index (χ0n) is 13.3. The molecule has 0 radical (unpaired) electrons. The first-order valence-electron chi connectivity index (χ1n) is 8.69. The van der Waals surface area contributed by atoms with Crippen LogP contribution in [0.3, 0.4) is 0 Å². The highest BCUT2D eigenvalue weighted by atomic mass is 15.3. The smallest absolute Gasteiger partial charge is 0.140 e. The molecule has 5 heteroatoms. The van der Waals surface area contributed by atoms with Crippen molar-refractivity contribution in [2.75, 3.05) is 19.6 Å². The van der Waals surface area contributed by atoms with Crippen LogP contribution < -0.4 is 5.32 Å². The number of nitrogens with zero attached hydrogens (tertiary/aromatic N) is 4. The monoisotopic (exact) mass is 291 g/mol. The molecule has 1 unspecified atom stereocenters. The van der Waals surface area contributed by atoms with Crippen molar-refractivity contribution < 1.29 is 0 Å². The van der Waals surface area contributed by atoms with Gasteiger partial charge in [0.25, 0.3) is 0 Å². The summed E-state index contributed by atoms with van der Waals surface area (Å²) in [6.45, 7) is 7.49. The lowest BCUT2D eigenvalue weighted by Crippen LogP contribution is -2.43. The van der Waals surface area contributed by atoms with E-state index in [4.69, 9.17) is 0 Å². The molecule has 1 saturated carbocycles. The summed E-state index contributed by atoms with van der Waals surface area (Å²) < 4.78 is 2.02. The second-order valence-corrected chi connectivity index (χ2v) is 6.54. The van der Waals surface area contributed by atoms with Crippen molar-refractivity contribution in [3.8, 4) is 0 Å². The van der Waals surface area contributed by atoms with Crippen LogP contribution in [0.25, 0.3) is 0 Å². The van der Waals surface area contributed by atoms with E-state index in [1.165, 1.54) is 51.6 Å². The number of aryl methyl sites for hydroxylation is 1. The van der Waals surface area contributed by atoms with Crippen LogP contribution in [0.2, 0.25) is 0 Å². The zero-order valence-corrected chi connectivity index (χ0v) is 13.3. The molecule has 118 valence electrons. The Kier molecular flexibility index (Phi) is 5.25. The fourth-order valence-corrected chi connectivity index (χ4v) is 3.89. The summed E-state index contributed by atoms with van der Waals surface area (Å²) >= 11 is 0. The van der Waals surface area contributed by atoms with E-state index in [1.54, 1.807) is 6.33 Å². The molecule has 1 N–H and O–H groups in total. The third kappa shape index (κ3) is 3.83. The molecule has 5 nitrogen and oxygen atoms in total. The average Bonchev–Trinajstić information content (AvgIpc) is 2.84. The first kappa shape index (κ1) is 15.0. The number of nitrogens with one attached hydrogen (secondary N) is 1. The molecule has 0 amide bonds. The van der Waals surface area contributed by atoms with Crippen LogP contribution in [0.5, 0.6) is 0 Å². The fraction of sp³-hybridized carbons (Fsp3) is 0.875. The maximum absolute atomic E-state index is 4.44. The lowest BCUT2D eigenvalue weighted by molar-refractivity contribution is 0.196. The largest absolute Gasteiger partial charge is 0.312 e. The maximum atomic E-state index is 4.44. The Hall–Kier alpha value is -0.940. The average molecular weight is 291 g/mol. The molecule has 2 fully saturated rings. The van der Waals surface area contributed by atoms with E-state index in [2.05, 4.69) is 27.2 Å². The number of hydrogen-bond acceptors (Lipinski definition) is 4. The summed E-state index contributed by atoms with van der Waals surface area (Å²) in [7, 11) is 0. The number of rotatable bonds is 4. The zero-order chi connectivity index (χ0) is 14.5. The molecule has 3 rings (SSSR count). The van der Waals surface area contributed by atoms with Crippen molar-refractivity contribution in [3.05, 3.63) is 12.2 Å². The predicted octanol–water partition coefficient (Wildman–Crippen LogP) is 2.04. The van der Waals surface area contributed by atoms with E-state index < -0.39 is 0 Å². The molecular weight excluding hydrogens is 262 g/mol. The number of aromatic nitrogens is 3. The van der Waals surface area contributed by atoms with Gasteiger partial charge in [0.2, 0.25) is 0 Å². The lowest BCUT2D eigenvalue weighted by atomic mass is 9.83. The van der Waals surface area contributed by atoms with Gasteiger partial charge in [-0.3, -0.25) is 4.90 Å². The Morgan fingerprint density at radius 3 is 2.90 bits per heavy atom. The molecule has 1 atom stereocenters. The minimum absolute atomic E-state index is 0.672. The number of hydrogen-bond donors (Lipinski definition) is 1. The van der Waals surface area contributed by atoms with Crippen molar-refractivity contribution in [1.29, 1.82) is 0 Å². The SMILES string of the molecule is CCn1ncnc1CN1CCCNC(C2CCCCC2)C1. The van der Waals surface area contributed by atoms with Crippen LogP contribution in [0.4, 0.5) is 0 Å². The van der Waals surface area contributed by atoms with Gasteiger partial charge in [-0.2, -0.15) is 5.10 Å². The summed E-state index contributed by atoms with van der Waals surface area (Å²) in [5, 5.41) is 8.10. The second kappa shape index (κ2) is 7.36. The molecule has 1 saturated heterocycles. The Morgan fingerprint density at radius 2 is 2.10 bits per heavy atom. The van der Waals surface area contributed by atoms with Gasteiger partial charge in [-0.05, 0) is 45.2 Å². The van der Waals surface area contributed by atoms with Crippen LogP contribution in [-0.4, -0.2) is 45.3 Å². The summed E-state index contributed by atoms with van der Waals surface area (Å²) in [5.41, 5.74) is 0. The van der Waals surface area contributed by atoms with E-state index in [0.29, 0.717) is 6.04 Å². The molecule has 2 heterocycles. The molecule has 0 bridgehead atoms. The molecule has 0 spiro atoms. The van der Waals surface area contributed by atoms with Gasteiger partial charge in [0.05, 0.1) is 6.54 Å². The highest BCUT2D eigenvalue weighted by Crippen LogP contribution is 2.27. The van der Waals surface area contributed by atoms with Gasteiger partial charge >= 0.3 is 0 Å². The predicted molar refractivity (Wildman–Crippen MR) is 84.0 cm³/mol. The van der Waals surface area contributed by atoms with E-state index in [1.807, 2.05) is 4.68 Å². The Bertz CT molecular complexity index is 424. The van der Waals surface area contributed by atoms with Crippen molar-refractivity contribution in [2.45, 2.75) is 64.6 Å². The molecule has 1 aromatic rings. The Labute approximate surface area is 128 Å². The molecule has 0 aromatic carbocycles. The summed E-state index contributed by atoms with van der Waals surface area (Å²) in [6.07, 6.45) is 10.0. The quantitative estimate of drug-likeness (QED) is 0.922. The van der Waals surface area contributed by atoms with Crippen LogP contribution in [0, 0.1) is 5.92 Å². The Morgan fingerprint density at radius 1 is 1.24 bits per heavy atom. The van der Waals surface area contributed by atoms with Crippen LogP contribution in [0.1, 0.15) is 51.3 Å². The normalized spacial score (nSPS) is 25.9.